The Kier molecular flexibility index (Phi) is 14.9. The van der Waals surface area contributed by atoms with Crippen LogP contribution in [0.1, 0.15) is 22.8 Å². The Bertz CT molecular complexity index is 801. The number of ether oxygens (including phenoxy) is 2. The van der Waals surface area contributed by atoms with Crippen molar-refractivity contribution in [2.24, 2.45) is 0 Å². The Labute approximate surface area is 194 Å². The van der Waals surface area contributed by atoms with E-state index in [1.54, 1.807) is 19.1 Å². The number of carbonyl (C=O) groups excluding carboxylic acids is 3. The van der Waals surface area contributed by atoms with Crippen molar-refractivity contribution in [3.8, 4) is 0 Å². The van der Waals surface area contributed by atoms with Crippen molar-refractivity contribution in [2.45, 2.75) is 6.92 Å². The normalized spacial score (nSPS) is 9.45. The average Bonchev–Trinajstić information content (AvgIpc) is 2.66. The second kappa shape index (κ2) is 16.0. The molecule has 0 bridgehead atoms. The fourth-order valence-electron chi connectivity index (χ4n) is 1.61. The second-order valence-corrected chi connectivity index (χ2v) is 7.42. The van der Waals surface area contributed by atoms with Crippen molar-refractivity contribution in [3.63, 3.8) is 0 Å². The molecule has 0 atom stereocenters. The van der Waals surface area contributed by atoms with Crippen LogP contribution in [0.15, 0.2) is 42.5 Å². The fourth-order valence-corrected chi connectivity index (χ4v) is 2.93. The SMILES string of the molecule is CCOC=O.COC(=O)/C=C/c1cc(F)cc(I)c1.O=Cc1cc(F)cc(I)c1. The first-order chi connectivity index (χ1) is 13.7. The van der Waals surface area contributed by atoms with Crippen molar-refractivity contribution >= 4 is 70.0 Å². The highest BCUT2D eigenvalue weighted by atomic mass is 127. The van der Waals surface area contributed by atoms with E-state index in [2.05, 4.69) is 9.47 Å². The van der Waals surface area contributed by atoms with Crippen LogP contribution in [0.25, 0.3) is 6.08 Å². The molecule has 156 valence electrons. The Morgan fingerprint density at radius 3 is 1.86 bits per heavy atom. The summed E-state index contributed by atoms with van der Waals surface area (Å²) in [6.45, 7) is 2.66. The molecule has 0 aliphatic heterocycles. The maximum Gasteiger partial charge on any atom is 0.330 e. The molecule has 0 N–H and O–H groups in total. The molecule has 2 rings (SSSR count). The van der Waals surface area contributed by atoms with Crippen molar-refractivity contribution in [2.75, 3.05) is 13.7 Å². The van der Waals surface area contributed by atoms with Crippen molar-refractivity contribution in [1.29, 1.82) is 0 Å². The van der Waals surface area contributed by atoms with E-state index in [9.17, 15) is 23.2 Å². The summed E-state index contributed by atoms with van der Waals surface area (Å²) >= 11 is 3.96. The van der Waals surface area contributed by atoms with Crippen LogP contribution in [-0.4, -0.2) is 32.4 Å². The van der Waals surface area contributed by atoms with Crippen LogP contribution >= 0.6 is 45.2 Å². The molecule has 0 saturated heterocycles. The van der Waals surface area contributed by atoms with Crippen LogP contribution in [0.5, 0.6) is 0 Å². The summed E-state index contributed by atoms with van der Waals surface area (Å²) in [6, 6.07) is 8.72. The number of esters is 1. The molecule has 2 aromatic rings. The zero-order valence-electron chi connectivity index (χ0n) is 15.5. The topological polar surface area (TPSA) is 69.7 Å². The molecule has 0 spiro atoms. The summed E-state index contributed by atoms with van der Waals surface area (Å²) in [4.78, 5) is 30.1. The summed E-state index contributed by atoms with van der Waals surface area (Å²) in [5.74, 6) is -1.14. The molecule has 0 aliphatic rings. The smallest absolute Gasteiger partial charge is 0.330 e. The number of hydrogen-bond acceptors (Lipinski definition) is 5. The predicted molar refractivity (Wildman–Crippen MR) is 122 cm³/mol. The molecular formula is C20H18F2I2O5. The lowest BCUT2D eigenvalue weighted by molar-refractivity contribution is -0.134. The molecule has 5 nitrogen and oxygen atoms in total. The number of rotatable bonds is 5. The molecule has 0 saturated carbocycles. The first-order valence-electron chi connectivity index (χ1n) is 7.94. The van der Waals surface area contributed by atoms with Gasteiger partial charge in [-0.1, -0.05) is 0 Å². The minimum atomic E-state index is -0.454. The quantitative estimate of drug-likeness (QED) is 0.201. The number of hydrogen-bond donors (Lipinski definition) is 0. The summed E-state index contributed by atoms with van der Waals surface area (Å²) < 4.78 is 35.4. The largest absolute Gasteiger partial charge is 0.468 e. The Hall–Kier alpha value is -1.89. The maximum absolute atomic E-state index is 12.9. The van der Waals surface area contributed by atoms with Crippen LogP contribution < -0.4 is 0 Å². The van der Waals surface area contributed by atoms with Gasteiger partial charge in [0, 0.05) is 18.8 Å². The summed E-state index contributed by atoms with van der Waals surface area (Å²) in [6.07, 6.45) is 3.40. The number of carbonyl (C=O) groups is 3. The van der Waals surface area contributed by atoms with Crippen molar-refractivity contribution in [3.05, 3.63) is 72.4 Å². The number of methoxy groups -OCH3 is 1. The van der Waals surface area contributed by atoms with Gasteiger partial charge in [0.05, 0.1) is 13.7 Å². The predicted octanol–water partition coefficient (Wildman–Crippen LogP) is 5.04. The summed E-state index contributed by atoms with van der Waals surface area (Å²) in [7, 11) is 1.29. The van der Waals surface area contributed by atoms with Gasteiger partial charge in [-0.15, -0.1) is 0 Å². The molecule has 2 aromatic carbocycles. The van der Waals surface area contributed by atoms with Crippen LogP contribution in [0.2, 0.25) is 0 Å². The van der Waals surface area contributed by atoms with Gasteiger partial charge in [0.25, 0.3) is 6.47 Å². The monoisotopic (exact) mass is 630 g/mol. The van der Waals surface area contributed by atoms with E-state index in [4.69, 9.17) is 0 Å². The highest BCUT2D eigenvalue weighted by Gasteiger charge is 1.97. The van der Waals surface area contributed by atoms with Crippen molar-refractivity contribution in [1.82, 2.24) is 0 Å². The third kappa shape index (κ3) is 13.8. The molecule has 0 unspecified atom stereocenters. The number of halogens is 4. The molecular weight excluding hydrogens is 612 g/mol. The lowest BCUT2D eigenvalue weighted by Crippen LogP contribution is -1.93. The third-order valence-corrected chi connectivity index (χ3v) is 4.00. The minimum absolute atomic E-state index is 0.318. The molecule has 0 heterocycles. The highest BCUT2D eigenvalue weighted by Crippen LogP contribution is 2.12. The van der Waals surface area contributed by atoms with Gasteiger partial charge in [-0.05, 0) is 100 Å². The van der Waals surface area contributed by atoms with E-state index >= 15 is 0 Å². The number of benzene rings is 2. The van der Waals surface area contributed by atoms with Crippen LogP contribution in [0.4, 0.5) is 8.78 Å². The van der Waals surface area contributed by atoms with Gasteiger partial charge in [-0.25, -0.2) is 13.6 Å². The standard InChI is InChI=1S/C10H8FIO2.C7H4FIO.C3H6O2/c1-14-10(13)3-2-7-4-8(11)6-9(12)5-7;8-6-1-5(4-10)2-7(9)3-6;1-2-5-3-4/h2-6H,1H3;1-4H;3H,2H2,1H3/b3-2+;;. The van der Waals surface area contributed by atoms with Crippen LogP contribution in [-0.2, 0) is 19.1 Å². The maximum atomic E-state index is 12.9. The molecule has 0 radical (unpaired) electrons. The van der Waals surface area contributed by atoms with E-state index < -0.39 is 5.97 Å². The third-order valence-electron chi connectivity index (χ3n) is 2.75. The lowest BCUT2D eigenvalue weighted by atomic mass is 10.2. The molecule has 29 heavy (non-hydrogen) atoms. The zero-order valence-corrected chi connectivity index (χ0v) is 19.8. The molecule has 0 aromatic heterocycles. The minimum Gasteiger partial charge on any atom is -0.468 e. The van der Waals surface area contributed by atoms with E-state index in [0.717, 1.165) is 7.14 Å². The number of aldehydes is 1. The fraction of sp³-hybridized carbons (Fsp3) is 0.150. The Morgan fingerprint density at radius 2 is 1.48 bits per heavy atom. The van der Waals surface area contributed by atoms with E-state index in [0.29, 0.717) is 30.5 Å². The first kappa shape index (κ1) is 27.1. The van der Waals surface area contributed by atoms with Gasteiger partial charge in [0.1, 0.15) is 17.9 Å². The zero-order chi connectivity index (χ0) is 22.2. The summed E-state index contributed by atoms with van der Waals surface area (Å²) in [5, 5.41) is 0. The van der Waals surface area contributed by atoms with Gasteiger partial charge < -0.3 is 9.47 Å². The molecule has 0 aliphatic carbocycles. The van der Waals surface area contributed by atoms with Crippen molar-refractivity contribution < 1.29 is 32.6 Å². The van der Waals surface area contributed by atoms with Gasteiger partial charge in [-0.2, -0.15) is 0 Å². The highest BCUT2D eigenvalue weighted by molar-refractivity contribution is 14.1. The molecule has 0 amide bonds. The first-order valence-corrected chi connectivity index (χ1v) is 10.1. The van der Waals surface area contributed by atoms with E-state index in [-0.39, 0.29) is 11.6 Å². The van der Waals surface area contributed by atoms with Crippen LogP contribution in [0, 0.1) is 18.8 Å². The van der Waals surface area contributed by atoms with Gasteiger partial charge >= 0.3 is 5.97 Å². The second-order valence-electron chi connectivity index (χ2n) is 4.93. The van der Waals surface area contributed by atoms with Gasteiger partial charge in [-0.3, -0.25) is 9.59 Å². The van der Waals surface area contributed by atoms with Gasteiger partial charge in [0.2, 0.25) is 0 Å². The van der Waals surface area contributed by atoms with Crippen LogP contribution in [0.3, 0.4) is 0 Å². The lowest BCUT2D eigenvalue weighted by Gasteiger charge is -1.96. The van der Waals surface area contributed by atoms with Gasteiger partial charge in [0.15, 0.2) is 0 Å². The van der Waals surface area contributed by atoms with E-state index in [1.807, 2.05) is 45.2 Å². The Balaban J connectivity index is 0.000000455. The Morgan fingerprint density at radius 1 is 0.966 bits per heavy atom. The molecule has 0 fully saturated rings. The average molecular weight is 630 g/mol. The summed E-state index contributed by atoms with van der Waals surface area (Å²) in [5.41, 5.74) is 1.02. The molecule has 9 heteroatoms. The van der Waals surface area contributed by atoms with E-state index in [1.165, 1.54) is 43.5 Å².